The van der Waals surface area contributed by atoms with Gasteiger partial charge in [0, 0.05) is 0 Å². The van der Waals surface area contributed by atoms with Crippen LogP contribution in [-0.2, 0) is 14.3 Å². The van der Waals surface area contributed by atoms with Gasteiger partial charge >= 0.3 is 5.97 Å². The molecule has 0 bridgehead atoms. The van der Waals surface area contributed by atoms with Crippen LogP contribution in [0.15, 0.2) is 0 Å². The Morgan fingerprint density at radius 3 is 2.38 bits per heavy atom. The van der Waals surface area contributed by atoms with Gasteiger partial charge in [0.15, 0.2) is 0 Å². The Labute approximate surface area is 96.5 Å². The summed E-state index contributed by atoms with van der Waals surface area (Å²) in [6.45, 7) is 2.51. The third-order valence-electron chi connectivity index (χ3n) is 2.22. The third kappa shape index (κ3) is 8.23. The summed E-state index contributed by atoms with van der Waals surface area (Å²) in [4.78, 5) is 21.7. The van der Waals surface area contributed by atoms with Gasteiger partial charge in [0.25, 0.3) is 0 Å². The average Bonchev–Trinajstić information content (AvgIpc) is 2.21. The second kappa shape index (κ2) is 9.15. The van der Waals surface area contributed by atoms with E-state index in [0.29, 0.717) is 6.61 Å². The molecule has 0 fully saturated rings. The standard InChI is InChI=1S/C11H22N2O3/c1-2-3-4-5-6-7-16-11(15)9(12)8-10(13)14/h9H,2-8,12H2,1H3,(H2,13,14). The summed E-state index contributed by atoms with van der Waals surface area (Å²) in [6.07, 6.45) is 5.27. The number of rotatable bonds is 9. The highest BCUT2D eigenvalue weighted by atomic mass is 16.5. The normalized spacial score (nSPS) is 12.1. The lowest BCUT2D eigenvalue weighted by Crippen LogP contribution is -2.36. The monoisotopic (exact) mass is 230 g/mol. The Morgan fingerprint density at radius 1 is 1.19 bits per heavy atom. The van der Waals surface area contributed by atoms with E-state index in [9.17, 15) is 9.59 Å². The highest BCUT2D eigenvalue weighted by Crippen LogP contribution is 2.03. The molecule has 5 nitrogen and oxygen atoms in total. The number of ether oxygens (including phenoxy) is 1. The van der Waals surface area contributed by atoms with E-state index in [2.05, 4.69) is 6.92 Å². The Bertz CT molecular complexity index is 219. The SMILES string of the molecule is CCCCCCCOC(=O)C(N)CC(N)=O. The van der Waals surface area contributed by atoms with E-state index in [0.717, 1.165) is 19.3 Å². The Hall–Kier alpha value is -1.10. The van der Waals surface area contributed by atoms with E-state index < -0.39 is 17.9 Å². The number of hydrogen-bond donors (Lipinski definition) is 2. The molecule has 0 heterocycles. The molecule has 0 aromatic rings. The minimum absolute atomic E-state index is 0.158. The van der Waals surface area contributed by atoms with Gasteiger partial charge in [-0.2, -0.15) is 0 Å². The van der Waals surface area contributed by atoms with Crippen molar-refractivity contribution in [3.63, 3.8) is 0 Å². The van der Waals surface area contributed by atoms with Gasteiger partial charge in [0.05, 0.1) is 13.0 Å². The summed E-state index contributed by atoms with van der Waals surface area (Å²) in [6, 6.07) is -0.923. The van der Waals surface area contributed by atoms with Gasteiger partial charge in [-0.15, -0.1) is 0 Å². The van der Waals surface area contributed by atoms with E-state index in [-0.39, 0.29) is 6.42 Å². The fourth-order valence-electron chi connectivity index (χ4n) is 1.29. The molecular formula is C11H22N2O3. The van der Waals surface area contributed by atoms with Crippen molar-refractivity contribution in [3.05, 3.63) is 0 Å². The van der Waals surface area contributed by atoms with E-state index in [1.165, 1.54) is 12.8 Å². The average molecular weight is 230 g/mol. The Kier molecular flexibility index (Phi) is 8.52. The number of primary amides is 1. The Balaban J connectivity index is 3.46. The Morgan fingerprint density at radius 2 is 1.81 bits per heavy atom. The number of hydrogen-bond acceptors (Lipinski definition) is 4. The zero-order chi connectivity index (χ0) is 12.4. The first-order valence-electron chi connectivity index (χ1n) is 5.78. The summed E-state index contributed by atoms with van der Waals surface area (Å²) < 4.78 is 4.91. The van der Waals surface area contributed by atoms with Crippen molar-refractivity contribution in [2.24, 2.45) is 11.5 Å². The number of carbonyl (C=O) groups excluding carboxylic acids is 2. The van der Waals surface area contributed by atoms with Crippen molar-refractivity contribution in [3.8, 4) is 0 Å². The molecule has 0 aromatic carbocycles. The molecule has 1 atom stereocenters. The van der Waals surface area contributed by atoms with Crippen LogP contribution in [0.5, 0.6) is 0 Å². The maximum atomic E-state index is 11.2. The maximum Gasteiger partial charge on any atom is 0.323 e. The lowest BCUT2D eigenvalue weighted by molar-refractivity contribution is -0.146. The minimum Gasteiger partial charge on any atom is -0.465 e. The quantitative estimate of drug-likeness (QED) is 0.450. The van der Waals surface area contributed by atoms with Crippen LogP contribution >= 0.6 is 0 Å². The van der Waals surface area contributed by atoms with Gasteiger partial charge in [0.2, 0.25) is 5.91 Å². The van der Waals surface area contributed by atoms with Crippen molar-refractivity contribution < 1.29 is 14.3 Å². The van der Waals surface area contributed by atoms with E-state index in [1.807, 2.05) is 0 Å². The molecule has 0 aliphatic heterocycles. The highest BCUT2D eigenvalue weighted by molar-refractivity contribution is 5.84. The maximum absolute atomic E-state index is 11.2. The molecule has 0 aliphatic carbocycles. The van der Waals surface area contributed by atoms with Gasteiger partial charge in [-0.1, -0.05) is 32.6 Å². The summed E-state index contributed by atoms with van der Waals surface area (Å²) in [5, 5.41) is 0. The molecule has 0 saturated heterocycles. The van der Waals surface area contributed by atoms with Gasteiger partial charge in [0.1, 0.15) is 6.04 Å². The molecule has 1 amide bonds. The van der Waals surface area contributed by atoms with Crippen LogP contribution in [0.1, 0.15) is 45.4 Å². The fraction of sp³-hybridized carbons (Fsp3) is 0.818. The van der Waals surface area contributed by atoms with Crippen molar-refractivity contribution in [2.75, 3.05) is 6.61 Å². The van der Waals surface area contributed by atoms with Crippen molar-refractivity contribution in [2.45, 2.75) is 51.5 Å². The first-order chi connectivity index (χ1) is 7.57. The van der Waals surface area contributed by atoms with E-state index in [1.54, 1.807) is 0 Å². The summed E-state index contributed by atoms with van der Waals surface area (Å²) in [7, 11) is 0. The first-order valence-corrected chi connectivity index (χ1v) is 5.78. The molecule has 0 aliphatic rings. The number of unbranched alkanes of at least 4 members (excludes halogenated alkanes) is 4. The topological polar surface area (TPSA) is 95.4 Å². The highest BCUT2D eigenvalue weighted by Gasteiger charge is 2.16. The molecule has 5 heteroatoms. The van der Waals surface area contributed by atoms with E-state index >= 15 is 0 Å². The van der Waals surface area contributed by atoms with E-state index in [4.69, 9.17) is 16.2 Å². The van der Waals surface area contributed by atoms with Gasteiger partial charge in [-0.25, -0.2) is 0 Å². The van der Waals surface area contributed by atoms with Gasteiger partial charge in [-0.05, 0) is 6.42 Å². The zero-order valence-corrected chi connectivity index (χ0v) is 9.91. The second-order valence-electron chi connectivity index (χ2n) is 3.86. The summed E-state index contributed by atoms with van der Waals surface area (Å²) >= 11 is 0. The summed E-state index contributed by atoms with van der Waals surface area (Å²) in [5.41, 5.74) is 10.3. The molecule has 1 unspecified atom stereocenters. The third-order valence-corrected chi connectivity index (χ3v) is 2.22. The minimum atomic E-state index is -0.923. The van der Waals surface area contributed by atoms with Crippen molar-refractivity contribution in [1.82, 2.24) is 0 Å². The molecule has 16 heavy (non-hydrogen) atoms. The molecule has 0 aromatic heterocycles. The lowest BCUT2D eigenvalue weighted by Gasteiger charge is -2.09. The van der Waals surface area contributed by atoms with Crippen LogP contribution in [-0.4, -0.2) is 24.5 Å². The van der Waals surface area contributed by atoms with Crippen LogP contribution in [0.3, 0.4) is 0 Å². The fourth-order valence-corrected chi connectivity index (χ4v) is 1.29. The number of esters is 1. The number of carbonyl (C=O) groups is 2. The van der Waals surface area contributed by atoms with Crippen molar-refractivity contribution in [1.29, 1.82) is 0 Å². The number of nitrogens with two attached hydrogens (primary N) is 2. The molecular weight excluding hydrogens is 208 g/mol. The molecule has 0 saturated carbocycles. The predicted molar refractivity (Wildman–Crippen MR) is 61.5 cm³/mol. The van der Waals surface area contributed by atoms with Gasteiger partial charge in [-0.3, -0.25) is 9.59 Å². The van der Waals surface area contributed by atoms with Crippen LogP contribution in [0, 0.1) is 0 Å². The molecule has 94 valence electrons. The lowest BCUT2D eigenvalue weighted by atomic mass is 10.2. The summed E-state index contributed by atoms with van der Waals surface area (Å²) in [5.74, 6) is -1.14. The van der Waals surface area contributed by atoms with Crippen LogP contribution in [0.4, 0.5) is 0 Å². The predicted octanol–water partition coefficient (Wildman–Crippen LogP) is 0.703. The van der Waals surface area contributed by atoms with Crippen LogP contribution in [0.2, 0.25) is 0 Å². The molecule has 0 rings (SSSR count). The smallest absolute Gasteiger partial charge is 0.323 e. The first kappa shape index (κ1) is 14.9. The second-order valence-corrected chi connectivity index (χ2v) is 3.86. The largest absolute Gasteiger partial charge is 0.465 e. The van der Waals surface area contributed by atoms with Crippen LogP contribution in [0.25, 0.3) is 0 Å². The number of amides is 1. The molecule has 0 radical (unpaired) electrons. The zero-order valence-electron chi connectivity index (χ0n) is 9.91. The van der Waals surface area contributed by atoms with Gasteiger partial charge < -0.3 is 16.2 Å². The van der Waals surface area contributed by atoms with Crippen LogP contribution < -0.4 is 11.5 Å². The molecule has 0 spiro atoms. The van der Waals surface area contributed by atoms with Crippen molar-refractivity contribution >= 4 is 11.9 Å². The molecule has 4 N–H and O–H groups in total.